The first-order valence-corrected chi connectivity index (χ1v) is 5.85. The zero-order chi connectivity index (χ0) is 13.3. The van der Waals surface area contributed by atoms with E-state index in [2.05, 4.69) is 10.6 Å². The van der Waals surface area contributed by atoms with E-state index in [0.29, 0.717) is 0 Å². The van der Waals surface area contributed by atoms with Gasteiger partial charge in [0.05, 0.1) is 6.67 Å². The number of aryl methyl sites for hydroxylation is 1. The zero-order valence-electron chi connectivity index (χ0n) is 10.8. The van der Waals surface area contributed by atoms with Gasteiger partial charge < -0.3 is 10.6 Å². The second kappa shape index (κ2) is 4.33. The summed E-state index contributed by atoms with van der Waals surface area (Å²) in [5.74, 6) is -0.216. The van der Waals surface area contributed by atoms with Gasteiger partial charge in [0.25, 0.3) is 5.91 Å². The van der Waals surface area contributed by atoms with Crippen LogP contribution in [0, 0.1) is 6.92 Å². The minimum Gasteiger partial charge on any atom is -0.367 e. The van der Waals surface area contributed by atoms with Crippen LogP contribution in [0.5, 0.6) is 0 Å². The largest absolute Gasteiger partial charge is 0.367 e. The third-order valence-corrected chi connectivity index (χ3v) is 2.94. The van der Waals surface area contributed by atoms with Crippen LogP contribution in [0.2, 0.25) is 0 Å². The van der Waals surface area contributed by atoms with Crippen molar-refractivity contribution in [2.45, 2.75) is 26.3 Å². The molecule has 2 N–H and O–H groups in total. The summed E-state index contributed by atoms with van der Waals surface area (Å²) < 4.78 is 0. The summed E-state index contributed by atoms with van der Waals surface area (Å²) in [5.41, 5.74) is 1.23. The molecule has 0 atom stereocenters. The van der Waals surface area contributed by atoms with E-state index >= 15 is 0 Å². The summed E-state index contributed by atoms with van der Waals surface area (Å²) in [7, 11) is 0. The first-order chi connectivity index (χ1) is 8.40. The molecule has 5 heteroatoms. The van der Waals surface area contributed by atoms with Gasteiger partial charge in [-0.05, 0) is 32.9 Å². The maximum atomic E-state index is 11.9. The Bertz CT molecular complexity index is 480. The molecule has 5 nitrogen and oxygen atoms in total. The summed E-state index contributed by atoms with van der Waals surface area (Å²) in [6.07, 6.45) is 0. The van der Waals surface area contributed by atoms with Gasteiger partial charge in [-0.2, -0.15) is 0 Å². The lowest BCUT2D eigenvalue weighted by atomic mass is 10.1. The Balaban J connectivity index is 2.01. The molecule has 3 amide bonds. The van der Waals surface area contributed by atoms with E-state index in [9.17, 15) is 9.59 Å². The number of nitrogens with one attached hydrogen (secondary N) is 2. The lowest BCUT2D eigenvalue weighted by molar-refractivity contribution is -0.129. The van der Waals surface area contributed by atoms with Crippen LogP contribution in [0.25, 0.3) is 0 Å². The van der Waals surface area contributed by atoms with Gasteiger partial charge in [-0.25, -0.2) is 9.69 Å². The van der Waals surface area contributed by atoms with E-state index in [1.165, 1.54) is 4.90 Å². The first kappa shape index (κ1) is 12.4. The molecule has 1 heterocycles. The van der Waals surface area contributed by atoms with E-state index < -0.39 is 5.54 Å². The second-order valence-electron chi connectivity index (χ2n) is 4.99. The number of hydrogen-bond acceptors (Lipinski definition) is 3. The zero-order valence-corrected chi connectivity index (χ0v) is 10.8. The Labute approximate surface area is 106 Å². The number of hydrogen-bond donors (Lipinski definition) is 2. The number of benzene rings is 1. The molecule has 0 aromatic heterocycles. The molecule has 2 rings (SSSR count). The Hall–Kier alpha value is -2.04. The Morgan fingerprint density at radius 2 is 1.83 bits per heavy atom. The molecule has 0 aliphatic carbocycles. The fourth-order valence-electron chi connectivity index (χ4n) is 1.80. The monoisotopic (exact) mass is 247 g/mol. The highest BCUT2D eigenvalue weighted by Crippen LogP contribution is 2.17. The van der Waals surface area contributed by atoms with Gasteiger partial charge in [0.2, 0.25) is 0 Å². The van der Waals surface area contributed by atoms with E-state index in [4.69, 9.17) is 0 Å². The number of anilines is 1. The summed E-state index contributed by atoms with van der Waals surface area (Å²) >= 11 is 0. The predicted molar refractivity (Wildman–Crippen MR) is 69.1 cm³/mol. The molecule has 0 saturated carbocycles. The number of nitrogens with zero attached hydrogens (tertiary/aromatic N) is 1. The highest BCUT2D eigenvalue weighted by atomic mass is 16.2. The molecule has 0 bridgehead atoms. The van der Waals surface area contributed by atoms with Crippen LogP contribution in [0.1, 0.15) is 19.4 Å². The third kappa shape index (κ3) is 2.30. The van der Waals surface area contributed by atoms with Gasteiger partial charge in [0.15, 0.2) is 0 Å². The number of amides is 3. The van der Waals surface area contributed by atoms with Crippen molar-refractivity contribution in [3.8, 4) is 0 Å². The number of rotatable bonds is 3. The number of imide groups is 1. The van der Waals surface area contributed by atoms with Crippen LogP contribution in [-0.4, -0.2) is 29.0 Å². The molecule has 0 unspecified atom stereocenters. The summed E-state index contributed by atoms with van der Waals surface area (Å²) in [5, 5.41) is 5.69. The molecule has 0 radical (unpaired) electrons. The summed E-state index contributed by atoms with van der Waals surface area (Å²) in [4.78, 5) is 24.7. The molecular weight excluding hydrogens is 230 g/mol. The minimum atomic E-state index is -0.813. The average molecular weight is 247 g/mol. The maximum Gasteiger partial charge on any atom is 0.326 e. The highest BCUT2D eigenvalue weighted by Gasteiger charge is 2.43. The molecule has 1 aromatic rings. The molecule has 1 fully saturated rings. The number of carbonyl (C=O) groups is 2. The van der Waals surface area contributed by atoms with E-state index in [0.717, 1.165) is 11.3 Å². The van der Waals surface area contributed by atoms with Crippen molar-refractivity contribution >= 4 is 17.6 Å². The van der Waals surface area contributed by atoms with Crippen molar-refractivity contribution in [1.29, 1.82) is 0 Å². The Morgan fingerprint density at radius 3 is 2.33 bits per heavy atom. The van der Waals surface area contributed by atoms with Gasteiger partial charge in [-0.1, -0.05) is 17.7 Å². The molecule has 1 saturated heterocycles. The quantitative estimate of drug-likeness (QED) is 0.799. The van der Waals surface area contributed by atoms with Crippen LogP contribution < -0.4 is 10.6 Å². The van der Waals surface area contributed by atoms with Gasteiger partial charge >= 0.3 is 6.03 Å². The predicted octanol–water partition coefficient (Wildman–Crippen LogP) is 1.69. The molecule has 18 heavy (non-hydrogen) atoms. The van der Waals surface area contributed by atoms with Crippen LogP contribution >= 0.6 is 0 Å². The summed E-state index contributed by atoms with van der Waals surface area (Å²) in [6.45, 7) is 5.57. The smallest absolute Gasteiger partial charge is 0.326 e. The molecule has 1 aromatic carbocycles. The van der Waals surface area contributed by atoms with Crippen molar-refractivity contribution in [2.75, 3.05) is 12.0 Å². The fourth-order valence-corrected chi connectivity index (χ4v) is 1.80. The lowest BCUT2D eigenvalue weighted by Gasteiger charge is -2.17. The van der Waals surface area contributed by atoms with Crippen molar-refractivity contribution < 1.29 is 9.59 Å². The van der Waals surface area contributed by atoms with E-state index in [-0.39, 0.29) is 18.6 Å². The number of urea groups is 1. The molecular formula is C13H17N3O2. The normalized spacial score (nSPS) is 17.8. The van der Waals surface area contributed by atoms with E-state index in [1.54, 1.807) is 13.8 Å². The topological polar surface area (TPSA) is 61.4 Å². The van der Waals surface area contributed by atoms with Crippen LogP contribution in [0.4, 0.5) is 10.5 Å². The van der Waals surface area contributed by atoms with Crippen molar-refractivity contribution in [2.24, 2.45) is 0 Å². The third-order valence-electron chi connectivity index (χ3n) is 2.94. The first-order valence-electron chi connectivity index (χ1n) is 5.85. The van der Waals surface area contributed by atoms with E-state index in [1.807, 2.05) is 31.2 Å². The molecule has 0 spiro atoms. The van der Waals surface area contributed by atoms with Gasteiger partial charge in [0.1, 0.15) is 5.54 Å². The van der Waals surface area contributed by atoms with Crippen molar-refractivity contribution in [1.82, 2.24) is 10.2 Å². The van der Waals surface area contributed by atoms with Gasteiger partial charge in [0, 0.05) is 5.69 Å². The summed E-state index contributed by atoms with van der Waals surface area (Å²) in [6, 6.07) is 7.42. The fraction of sp³-hybridized carbons (Fsp3) is 0.385. The SMILES string of the molecule is Cc1ccc(NCN2C(=O)NC(C)(C)C2=O)cc1. The average Bonchev–Trinajstić information content (AvgIpc) is 2.49. The molecule has 1 aliphatic rings. The second-order valence-corrected chi connectivity index (χ2v) is 4.99. The van der Waals surface area contributed by atoms with Crippen LogP contribution in [0.3, 0.4) is 0 Å². The molecule has 1 aliphatic heterocycles. The molecule has 96 valence electrons. The van der Waals surface area contributed by atoms with Gasteiger partial charge in [-0.15, -0.1) is 0 Å². The Kier molecular flexibility index (Phi) is 2.98. The van der Waals surface area contributed by atoms with Crippen molar-refractivity contribution in [3.63, 3.8) is 0 Å². The number of carbonyl (C=O) groups excluding carboxylic acids is 2. The standard InChI is InChI=1S/C13H17N3O2/c1-9-4-6-10(7-5-9)14-8-16-11(17)13(2,3)15-12(16)18/h4-7,14H,8H2,1-3H3,(H,15,18). The minimum absolute atomic E-state index is 0.178. The van der Waals surface area contributed by atoms with Crippen LogP contribution in [-0.2, 0) is 4.79 Å². The highest BCUT2D eigenvalue weighted by molar-refractivity contribution is 6.06. The maximum absolute atomic E-state index is 11.9. The van der Waals surface area contributed by atoms with Crippen molar-refractivity contribution in [3.05, 3.63) is 29.8 Å². The Morgan fingerprint density at radius 1 is 1.22 bits per heavy atom. The van der Waals surface area contributed by atoms with Gasteiger partial charge in [-0.3, -0.25) is 4.79 Å². The van der Waals surface area contributed by atoms with Crippen LogP contribution in [0.15, 0.2) is 24.3 Å². The lowest BCUT2D eigenvalue weighted by Crippen LogP contribution is -2.41.